The summed E-state index contributed by atoms with van der Waals surface area (Å²) in [6.45, 7) is 3.31. The zero-order valence-corrected chi connectivity index (χ0v) is 14.8. The summed E-state index contributed by atoms with van der Waals surface area (Å²) in [5.41, 5.74) is 1.34. The Labute approximate surface area is 160 Å². The minimum atomic E-state index is -1.08. The van der Waals surface area contributed by atoms with Crippen molar-refractivity contribution in [1.82, 2.24) is 5.32 Å². The molecule has 0 aliphatic carbocycles. The van der Waals surface area contributed by atoms with E-state index < -0.39 is 29.7 Å². The number of carboxylic acids is 2. The molecular weight excluding hydrogens is 370 g/mol. The van der Waals surface area contributed by atoms with Crippen LogP contribution in [0.1, 0.15) is 24.8 Å². The van der Waals surface area contributed by atoms with Gasteiger partial charge in [-0.3, -0.25) is 24.5 Å². The number of aliphatic carboxylic acids is 2. The van der Waals surface area contributed by atoms with Crippen LogP contribution in [0.15, 0.2) is 48.6 Å². The Bertz CT molecular complexity index is 796. The number of esters is 1. The molecule has 9 heteroatoms. The highest BCUT2D eigenvalue weighted by Crippen LogP contribution is 2.25. The first-order valence-electron chi connectivity index (χ1n) is 8.13. The number of carboxylic acid groups (broad SMARTS) is 2. The molecule has 1 aromatic rings. The van der Waals surface area contributed by atoms with Gasteiger partial charge >= 0.3 is 17.9 Å². The highest BCUT2D eigenvalue weighted by Gasteiger charge is 2.30. The van der Waals surface area contributed by atoms with Gasteiger partial charge in [0.2, 0.25) is 0 Å². The van der Waals surface area contributed by atoms with Crippen LogP contribution in [0, 0.1) is 0 Å². The van der Waals surface area contributed by atoms with Crippen LogP contribution in [-0.2, 0) is 28.7 Å². The number of rotatable bonds is 8. The van der Waals surface area contributed by atoms with E-state index in [1.165, 1.54) is 0 Å². The molecule has 0 saturated heterocycles. The van der Waals surface area contributed by atoms with Crippen molar-refractivity contribution >= 4 is 35.3 Å². The number of carbonyl (C=O) groups excluding carboxylic acids is 3. The van der Waals surface area contributed by atoms with Crippen LogP contribution in [-0.4, -0.2) is 46.5 Å². The van der Waals surface area contributed by atoms with E-state index in [0.717, 1.165) is 6.08 Å². The van der Waals surface area contributed by atoms with Gasteiger partial charge in [-0.2, -0.15) is 0 Å². The first-order chi connectivity index (χ1) is 13.3. The number of hydrogen-bond donors (Lipinski definition) is 3. The number of carbonyl (C=O) groups is 5. The van der Waals surface area contributed by atoms with Crippen molar-refractivity contribution in [2.24, 2.45) is 0 Å². The van der Waals surface area contributed by atoms with Gasteiger partial charge in [0, 0.05) is 18.1 Å². The van der Waals surface area contributed by atoms with Gasteiger partial charge in [0.25, 0.3) is 11.8 Å². The van der Waals surface area contributed by atoms with Crippen molar-refractivity contribution in [3.8, 4) is 0 Å². The van der Waals surface area contributed by atoms with E-state index >= 15 is 0 Å². The smallest absolute Gasteiger partial charge is 0.330 e. The topological polar surface area (TPSA) is 147 Å². The fourth-order valence-corrected chi connectivity index (χ4v) is 2.17. The zero-order valence-electron chi connectivity index (χ0n) is 14.8. The summed E-state index contributed by atoms with van der Waals surface area (Å²) in [7, 11) is 0. The second-order valence-electron chi connectivity index (χ2n) is 5.41. The molecule has 28 heavy (non-hydrogen) atoms. The molecule has 0 unspecified atom stereocenters. The second-order valence-corrected chi connectivity index (χ2v) is 5.41. The fourth-order valence-electron chi connectivity index (χ4n) is 2.17. The summed E-state index contributed by atoms with van der Waals surface area (Å²) in [5, 5.41) is 18.1. The van der Waals surface area contributed by atoms with Crippen LogP contribution in [0.2, 0.25) is 0 Å². The van der Waals surface area contributed by atoms with Crippen molar-refractivity contribution in [3.05, 3.63) is 54.1 Å². The Balaban J connectivity index is 0.000000416. The van der Waals surface area contributed by atoms with Crippen molar-refractivity contribution in [1.29, 1.82) is 0 Å². The minimum absolute atomic E-state index is 0.0250. The lowest BCUT2D eigenvalue weighted by Crippen LogP contribution is -2.23. The van der Waals surface area contributed by atoms with Crippen molar-refractivity contribution in [2.75, 3.05) is 6.61 Å². The first kappa shape index (κ1) is 22.3. The Morgan fingerprint density at radius 1 is 1.00 bits per heavy atom. The van der Waals surface area contributed by atoms with E-state index in [1.807, 2.05) is 6.07 Å². The SMILES string of the molecule is C=CC(=O)OCCC1=C(c2ccccc2)C(=O)NC1=O.O=C(O)CCC(=O)O. The van der Waals surface area contributed by atoms with Crippen LogP contribution in [0.25, 0.3) is 5.57 Å². The van der Waals surface area contributed by atoms with Gasteiger partial charge in [-0.05, 0) is 5.56 Å². The average molecular weight is 389 g/mol. The Morgan fingerprint density at radius 2 is 1.57 bits per heavy atom. The fraction of sp³-hybridized carbons (Fsp3) is 0.211. The molecular formula is C19H19NO8. The third-order valence-electron chi connectivity index (χ3n) is 3.41. The lowest BCUT2D eigenvalue weighted by molar-refractivity contribution is -0.143. The van der Waals surface area contributed by atoms with Crippen LogP contribution in [0.3, 0.4) is 0 Å². The number of ether oxygens (including phenoxy) is 1. The molecule has 0 radical (unpaired) electrons. The molecule has 148 valence electrons. The molecule has 9 nitrogen and oxygen atoms in total. The summed E-state index contributed by atoms with van der Waals surface area (Å²) in [5.74, 6) is -3.58. The Morgan fingerprint density at radius 3 is 2.07 bits per heavy atom. The Hall–Kier alpha value is -3.75. The maximum Gasteiger partial charge on any atom is 0.330 e. The predicted molar refractivity (Wildman–Crippen MR) is 96.8 cm³/mol. The molecule has 0 spiro atoms. The van der Waals surface area contributed by atoms with E-state index in [-0.39, 0.29) is 25.9 Å². The summed E-state index contributed by atoms with van der Waals surface area (Å²) in [4.78, 5) is 53.8. The van der Waals surface area contributed by atoms with Gasteiger partial charge < -0.3 is 14.9 Å². The lowest BCUT2D eigenvalue weighted by atomic mass is 10.00. The quantitative estimate of drug-likeness (QED) is 0.341. The van der Waals surface area contributed by atoms with Gasteiger partial charge in [0.1, 0.15) is 0 Å². The highest BCUT2D eigenvalue weighted by molar-refractivity contribution is 6.35. The van der Waals surface area contributed by atoms with Crippen LogP contribution in [0.4, 0.5) is 0 Å². The second kappa shape index (κ2) is 11.1. The van der Waals surface area contributed by atoms with E-state index in [4.69, 9.17) is 14.9 Å². The molecule has 3 N–H and O–H groups in total. The first-order valence-corrected chi connectivity index (χ1v) is 8.13. The molecule has 0 fully saturated rings. The Kier molecular flexibility index (Phi) is 8.81. The molecule has 1 aromatic carbocycles. The highest BCUT2D eigenvalue weighted by atomic mass is 16.5. The third kappa shape index (κ3) is 7.24. The van der Waals surface area contributed by atoms with Crippen LogP contribution < -0.4 is 5.32 Å². The van der Waals surface area contributed by atoms with Gasteiger partial charge in [0.15, 0.2) is 0 Å². The monoisotopic (exact) mass is 389 g/mol. The molecule has 0 atom stereocenters. The summed E-state index contributed by atoms with van der Waals surface area (Å²) in [6, 6.07) is 8.90. The van der Waals surface area contributed by atoms with Crippen molar-refractivity contribution in [2.45, 2.75) is 19.3 Å². The molecule has 1 aliphatic rings. The summed E-state index contributed by atoms with van der Waals surface area (Å²) in [6.07, 6.45) is 0.637. The summed E-state index contributed by atoms with van der Waals surface area (Å²) >= 11 is 0. The molecule has 2 rings (SSSR count). The predicted octanol–water partition coefficient (Wildman–Crippen LogP) is 1.15. The minimum Gasteiger partial charge on any atom is -0.481 e. The largest absolute Gasteiger partial charge is 0.481 e. The maximum absolute atomic E-state index is 11.8. The van der Waals surface area contributed by atoms with Crippen molar-refractivity contribution in [3.63, 3.8) is 0 Å². The van der Waals surface area contributed by atoms with Gasteiger partial charge in [0.05, 0.1) is 25.0 Å². The number of hydrogen-bond acceptors (Lipinski definition) is 6. The van der Waals surface area contributed by atoms with Gasteiger partial charge in [-0.1, -0.05) is 36.9 Å². The number of nitrogens with one attached hydrogen (secondary N) is 1. The van der Waals surface area contributed by atoms with E-state index in [0.29, 0.717) is 16.7 Å². The number of benzene rings is 1. The number of amides is 2. The number of imide groups is 1. The van der Waals surface area contributed by atoms with E-state index in [2.05, 4.69) is 11.9 Å². The van der Waals surface area contributed by atoms with E-state index in [1.54, 1.807) is 24.3 Å². The molecule has 1 heterocycles. The molecule has 2 amide bonds. The summed E-state index contributed by atoms with van der Waals surface area (Å²) < 4.78 is 4.84. The normalized spacial score (nSPS) is 12.6. The average Bonchev–Trinajstić information content (AvgIpc) is 2.94. The van der Waals surface area contributed by atoms with Gasteiger partial charge in [-0.25, -0.2) is 4.79 Å². The van der Waals surface area contributed by atoms with Crippen LogP contribution >= 0.6 is 0 Å². The molecule has 0 bridgehead atoms. The lowest BCUT2D eigenvalue weighted by Gasteiger charge is -2.04. The molecule has 0 saturated carbocycles. The van der Waals surface area contributed by atoms with Crippen molar-refractivity contribution < 1.29 is 38.9 Å². The standard InChI is InChI=1S/C15H13NO4.C4H6O4/c1-2-12(17)20-9-8-11-13(15(19)16-14(11)18)10-6-4-3-5-7-10;5-3(6)1-2-4(7)8/h2-7H,1,8-9H2,(H,16,18,19);1-2H2,(H,5,6)(H,7,8). The third-order valence-corrected chi connectivity index (χ3v) is 3.41. The zero-order chi connectivity index (χ0) is 21.1. The molecule has 1 aliphatic heterocycles. The van der Waals surface area contributed by atoms with Gasteiger partial charge in [-0.15, -0.1) is 0 Å². The maximum atomic E-state index is 11.8. The molecule has 0 aromatic heterocycles. The van der Waals surface area contributed by atoms with E-state index in [9.17, 15) is 24.0 Å². The van der Waals surface area contributed by atoms with Crippen LogP contribution in [0.5, 0.6) is 0 Å².